The molecule has 3 nitrogen and oxygen atoms in total. The van der Waals surface area contributed by atoms with Crippen LogP contribution in [0.5, 0.6) is 0 Å². The first-order chi connectivity index (χ1) is 10.4. The fourth-order valence-electron chi connectivity index (χ4n) is 3.08. The monoisotopic (exact) mass is 340 g/mol. The molecular weight excluding hydrogens is 319 g/mol. The van der Waals surface area contributed by atoms with E-state index >= 15 is 0 Å². The second-order valence-electron chi connectivity index (χ2n) is 6.65. The van der Waals surface area contributed by atoms with Crippen molar-refractivity contribution in [1.82, 2.24) is 10.2 Å². The number of nitrogens with zero attached hydrogens (tertiary/aromatic N) is 1. The molecule has 2 fully saturated rings. The van der Waals surface area contributed by atoms with Crippen LogP contribution in [-0.4, -0.2) is 28.2 Å². The van der Waals surface area contributed by atoms with Crippen LogP contribution in [0.4, 0.5) is 0 Å². The van der Waals surface area contributed by atoms with E-state index in [-0.39, 0.29) is 5.91 Å². The molecule has 22 heavy (non-hydrogen) atoms. The van der Waals surface area contributed by atoms with Crippen LogP contribution in [-0.2, 0) is 17.9 Å². The van der Waals surface area contributed by atoms with Crippen LogP contribution in [0.15, 0.2) is 24.3 Å². The molecule has 1 aliphatic carbocycles. The molecule has 2 aliphatic rings. The van der Waals surface area contributed by atoms with Gasteiger partial charge in [-0.2, -0.15) is 0 Å². The average molecular weight is 341 g/mol. The summed E-state index contributed by atoms with van der Waals surface area (Å²) in [6.45, 7) is 5.64. The lowest BCUT2D eigenvalue weighted by atomic mass is 10.1. The highest BCUT2D eigenvalue weighted by molar-refractivity contribution is 6.53. The standard InChI is InChI=1S/C17H22Cl2N2O/c1-16(12-17(16,18)19)15(22)20-10-13-6-2-3-7-14(13)11-21-8-4-5-9-21/h2-3,6-7H,4-5,8-12H2,1H3,(H,20,22). The van der Waals surface area contributed by atoms with Crippen molar-refractivity contribution in [3.63, 3.8) is 0 Å². The number of nitrogens with one attached hydrogen (secondary N) is 1. The Kier molecular flexibility index (Phi) is 4.41. The number of halogens is 2. The summed E-state index contributed by atoms with van der Waals surface area (Å²) < 4.78 is -0.911. The number of carbonyl (C=O) groups excluding carboxylic acids is 1. The molecule has 1 saturated carbocycles. The minimum atomic E-state index is -0.911. The third-order valence-corrected chi connectivity index (χ3v) is 6.01. The molecule has 5 heteroatoms. The van der Waals surface area contributed by atoms with E-state index in [2.05, 4.69) is 28.4 Å². The molecule has 0 aromatic heterocycles. The van der Waals surface area contributed by atoms with Gasteiger partial charge in [-0.3, -0.25) is 9.69 Å². The van der Waals surface area contributed by atoms with E-state index in [1.807, 2.05) is 13.0 Å². The van der Waals surface area contributed by atoms with Crippen LogP contribution in [0.2, 0.25) is 0 Å². The van der Waals surface area contributed by atoms with Crippen LogP contribution in [0.1, 0.15) is 37.3 Å². The lowest BCUT2D eigenvalue weighted by Crippen LogP contribution is -2.33. The molecule has 1 aromatic rings. The Morgan fingerprint density at radius 1 is 1.23 bits per heavy atom. The van der Waals surface area contributed by atoms with Crippen molar-refractivity contribution in [3.05, 3.63) is 35.4 Å². The van der Waals surface area contributed by atoms with E-state index < -0.39 is 9.75 Å². The van der Waals surface area contributed by atoms with Crippen molar-refractivity contribution in [1.29, 1.82) is 0 Å². The Labute approximate surface area is 142 Å². The molecule has 1 atom stereocenters. The van der Waals surface area contributed by atoms with Crippen LogP contribution >= 0.6 is 23.2 Å². The molecule has 1 N–H and O–H groups in total. The van der Waals surface area contributed by atoms with Gasteiger partial charge in [0.2, 0.25) is 5.91 Å². The van der Waals surface area contributed by atoms with E-state index in [1.165, 1.54) is 37.1 Å². The minimum absolute atomic E-state index is 0.0616. The summed E-state index contributed by atoms with van der Waals surface area (Å²) in [4.78, 5) is 14.7. The number of rotatable bonds is 5. The van der Waals surface area contributed by atoms with Gasteiger partial charge >= 0.3 is 0 Å². The van der Waals surface area contributed by atoms with Gasteiger partial charge in [-0.25, -0.2) is 0 Å². The van der Waals surface area contributed by atoms with Crippen LogP contribution in [0.3, 0.4) is 0 Å². The molecule has 1 aromatic carbocycles. The molecular formula is C17H22Cl2N2O. The first kappa shape index (κ1) is 16.1. The SMILES string of the molecule is CC1(C(=O)NCc2ccccc2CN2CCCC2)CC1(Cl)Cl. The fraction of sp³-hybridized carbons (Fsp3) is 0.588. The van der Waals surface area contributed by atoms with Gasteiger partial charge in [-0.05, 0) is 50.4 Å². The van der Waals surface area contributed by atoms with E-state index in [0.29, 0.717) is 13.0 Å². The maximum absolute atomic E-state index is 12.3. The molecule has 1 saturated heterocycles. The Morgan fingerprint density at radius 2 is 1.82 bits per heavy atom. The van der Waals surface area contributed by atoms with E-state index in [0.717, 1.165) is 6.54 Å². The summed E-state index contributed by atoms with van der Waals surface area (Å²) in [5.41, 5.74) is 1.80. The van der Waals surface area contributed by atoms with Gasteiger partial charge < -0.3 is 5.32 Å². The molecule has 3 rings (SSSR count). The van der Waals surface area contributed by atoms with Crippen LogP contribution in [0.25, 0.3) is 0 Å². The predicted octanol–water partition coefficient (Wildman–Crippen LogP) is 3.48. The van der Waals surface area contributed by atoms with Gasteiger partial charge in [0, 0.05) is 13.1 Å². The third kappa shape index (κ3) is 3.12. The molecule has 120 valence electrons. The average Bonchev–Trinajstić information content (AvgIpc) is 2.83. The number of carbonyl (C=O) groups is 1. The number of hydrogen-bond donors (Lipinski definition) is 1. The highest BCUT2D eigenvalue weighted by Crippen LogP contribution is 2.63. The van der Waals surface area contributed by atoms with Crippen LogP contribution < -0.4 is 5.32 Å². The van der Waals surface area contributed by atoms with E-state index in [9.17, 15) is 4.79 Å². The predicted molar refractivity (Wildman–Crippen MR) is 90.0 cm³/mol. The van der Waals surface area contributed by atoms with Crippen molar-refractivity contribution >= 4 is 29.1 Å². The van der Waals surface area contributed by atoms with Gasteiger partial charge in [0.25, 0.3) is 0 Å². The van der Waals surface area contributed by atoms with Crippen molar-refractivity contribution < 1.29 is 4.79 Å². The van der Waals surface area contributed by atoms with E-state index in [4.69, 9.17) is 23.2 Å². The molecule has 0 spiro atoms. The molecule has 1 amide bonds. The van der Waals surface area contributed by atoms with Crippen molar-refractivity contribution in [2.75, 3.05) is 13.1 Å². The highest BCUT2D eigenvalue weighted by Gasteiger charge is 2.67. The lowest BCUT2D eigenvalue weighted by Gasteiger charge is -2.18. The number of benzene rings is 1. The quantitative estimate of drug-likeness (QED) is 0.832. The fourth-order valence-corrected chi connectivity index (χ4v) is 3.79. The maximum atomic E-state index is 12.3. The van der Waals surface area contributed by atoms with Crippen molar-refractivity contribution in [2.45, 2.75) is 43.6 Å². The van der Waals surface area contributed by atoms with Gasteiger partial charge in [-0.1, -0.05) is 24.3 Å². The Balaban J connectivity index is 1.62. The summed E-state index contributed by atoms with van der Waals surface area (Å²) in [6.07, 6.45) is 3.08. The Hall–Kier alpha value is -0.770. The molecule has 0 radical (unpaired) electrons. The minimum Gasteiger partial charge on any atom is -0.351 e. The van der Waals surface area contributed by atoms with Gasteiger partial charge in [0.15, 0.2) is 0 Å². The summed E-state index contributed by atoms with van der Waals surface area (Å²) in [7, 11) is 0. The molecule has 1 aliphatic heterocycles. The maximum Gasteiger partial charge on any atom is 0.229 e. The lowest BCUT2D eigenvalue weighted by molar-refractivity contribution is -0.125. The van der Waals surface area contributed by atoms with E-state index in [1.54, 1.807) is 0 Å². The largest absolute Gasteiger partial charge is 0.351 e. The highest BCUT2D eigenvalue weighted by atomic mass is 35.5. The normalized spacial score (nSPS) is 26.9. The second-order valence-corrected chi connectivity index (χ2v) is 8.13. The Morgan fingerprint density at radius 3 is 2.41 bits per heavy atom. The molecule has 1 unspecified atom stereocenters. The third-order valence-electron chi connectivity index (χ3n) is 4.91. The zero-order valence-electron chi connectivity index (χ0n) is 12.9. The molecule has 1 heterocycles. The van der Waals surface area contributed by atoms with Gasteiger partial charge in [0.1, 0.15) is 4.33 Å². The topological polar surface area (TPSA) is 32.3 Å². The first-order valence-electron chi connectivity index (χ1n) is 7.88. The number of amides is 1. The first-order valence-corrected chi connectivity index (χ1v) is 8.63. The summed E-state index contributed by atoms with van der Waals surface area (Å²) in [5, 5.41) is 3.00. The summed E-state index contributed by atoms with van der Waals surface area (Å²) >= 11 is 12.1. The zero-order chi connectivity index (χ0) is 15.8. The Bertz CT molecular complexity index is 570. The summed E-state index contributed by atoms with van der Waals surface area (Å²) in [6, 6.07) is 8.30. The van der Waals surface area contributed by atoms with Gasteiger partial charge in [-0.15, -0.1) is 23.2 Å². The van der Waals surface area contributed by atoms with Gasteiger partial charge in [0.05, 0.1) is 5.41 Å². The van der Waals surface area contributed by atoms with Crippen LogP contribution in [0, 0.1) is 5.41 Å². The molecule has 0 bridgehead atoms. The smallest absolute Gasteiger partial charge is 0.229 e. The summed E-state index contributed by atoms with van der Waals surface area (Å²) in [5.74, 6) is -0.0616. The number of likely N-dealkylation sites (tertiary alicyclic amines) is 1. The van der Waals surface area contributed by atoms with Crippen molar-refractivity contribution in [2.24, 2.45) is 5.41 Å². The zero-order valence-corrected chi connectivity index (χ0v) is 14.4. The second kappa shape index (κ2) is 6.03. The van der Waals surface area contributed by atoms with Crippen molar-refractivity contribution in [3.8, 4) is 0 Å². The number of hydrogen-bond acceptors (Lipinski definition) is 2. The number of alkyl halides is 2.